The van der Waals surface area contributed by atoms with Gasteiger partial charge in [-0.15, -0.1) is 0 Å². The Morgan fingerprint density at radius 2 is 1.86 bits per heavy atom. The van der Waals surface area contributed by atoms with E-state index in [2.05, 4.69) is 24.1 Å². The van der Waals surface area contributed by atoms with E-state index >= 15 is 0 Å². The van der Waals surface area contributed by atoms with E-state index in [0.717, 1.165) is 52.0 Å². The topological polar surface area (TPSA) is 61.8 Å². The molecule has 128 valence electrons. The molecule has 0 aromatic rings. The van der Waals surface area contributed by atoms with Gasteiger partial charge in [0.1, 0.15) is 0 Å². The molecule has 1 saturated heterocycles. The molecule has 0 aromatic heterocycles. The third kappa shape index (κ3) is 5.21. The van der Waals surface area contributed by atoms with Crippen LogP contribution in [0, 0.1) is 5.92 Å². The van der Waals surface area contributed by atoms with Crippen molar-refractivity contribution in [2.45, 2.75) is 64.0 Å². The van der Waals surface area contributed by atoms with Gasteiger partial charge in [-0.2, -0.15) is 0 Å². The third-order valence-electron chi connectivity index (χ3n) is 5.07. The van der Waals surface area contributed by atoms with E-state index < -0.39 is 5.60 Å². The van der Waals surface area contributed by atoms with Crippen molar-refractivity contribution in [3.05, 3.63) is 0 Å². The maximum Gasteiger partial charge on any atom is 0.222 e. The summed E-state index contributed by atoms with van der Waals surface area (Å²) in [5, 5.41) is 13.5. The second-order valence-corrected chi connectivity index (χ2v) is 7.23. The molecule has 1 saturated carbocycles. The van der Waals surface area contributed by atoms with E-state index in [9.17, 15) is 9.90 Å². The summed E-state index contributed by atoms with van der Waals surface area (Å²) in [6.07, 6.45) is 5.02. The number of ether oxygens (including phenoxy) is 1. The van der Waals surface area contributed by atoms with Crippen molar-refractivity contribution >= 4 is 5.91 Å². The molecule has 1 atom stereocenters. The summed E-state index contributed by atoms with van der Waals surface area (Å²) in [5.41, 5.74) is -0.769. The number of nitrogens with one attached hydrogen (secondary N) is 1. The monoisotopic (exact) mass is 312 g/mol. The highest BCUT2D eigenvalue weighted by Crippen LogP contribution is 2.30. The zero-order chi connectivity index (χ0) is 16.0. The van der Waals surface area contributed by atoms with E-state index in [4.69, 9.17) is 4.74 Å². The van der Waals surface area contributed by atoms with Crippen LogP contribution in [-0.2, 0) is 9.53 Å². The number of aliphatic hydroxyl groups is 1. The predicted octanol–water partition coefficient (Wildman–Crippen LogP) is 1.54. The number of nitrogens with zero attached hydrogens (tertiary/aromatic N) is 1. The quantitative estimate of drug-likeness (QED) is 0.781. The lowest BCUT2D eigenvalue weighted by Gasteiger charge is -2.37. The van der Waals surface area contributed by atoms with Crippen LogP contribution in [0.25, 0.3) is 0 Å². The Bertz CT molecular complexity index is 348. The van der Waals surface area contributed by atoms with E-state index in [1.807, 2.05) is 0 Å². The zero-order valence-electron chi connectivity index (χ0n) is 14.1. The van der Waals surface area contributed by atoms with Gasteiger partial charge in [0.15, 0.2) is 0 Å². The average molecular weight is 312 g/mol. The SMILES string of the molecule is CC(C)C(CNC(=O)CC1(O)CCCCC1)N1CCOCC1. The first kappa shape index (κ1) is 17.7. The second-order valence-electron chi connectivity index (χ2n) is 7.23. The van der Waals surface area contributed by atoms with Crippen LogP contribution in [0.15, 0.2) is 0 Å². The molecule has 2 N–H and O–H groups in total. The fraction of sp³-hybridized carbons (Fsp3) is 0.941. The molecule has 1 heterocycles. The van der Waals surface area contributed by atoms with Crippen molar-refractivity contribution in [1.82, 2.24) is 10.2 Å². The first-order chi connectivity index (χ1) is 10.5. The number of hydrogen-bond donors (Lipinski definition) is 2. The highest BCUT2D eigenvalue weighted by Gasteiger charge is 2.32. The molecule has 1 aliphatic heterocycles. The molecule has 5 heteroatoms. The summed E-state index contributed by atoms with van der Waals surface area (Å²) in [5.74, 6) is 0.472. The maximum atomic E-state index is 12.2. The molecule has 0 radical (unpaired) electrons. The van der Waals surface area contributed by atoms with E-state index in [0.29, 0.717) is 18.5 Å². The van der Waals surface area contributed by atoms with Gasteiger partial charge in [-0.1, -0.05) is 33.1 Å². The normalized spacial score (nSPS) is 24.2. The highest BCUT2D eigenvalue weighted by atomic mass is 16.5. The van der Waals surface area contributed by atoms with Gasteiger partial charge in [0, 0.05) is 25.7 Å². The van der Waals surface area contributed by atoms with Crippen LogP contribution in [0.3, 0.4) is 0 Å². The van der Waals surface area contributed by atoms with E-state index in [-0.39, 0.29) is 12.3 Å². The second kappa shape index (κ2) is 8.27. The van der Waals surface area contributed by atoms with Crippen molar-refractivity contribution in [3.8, 4) is 0 Å². The minimum Gasteiger partial charge on any atom is -0.389 e. The van der Waals surface area contributed by atoms with Crippen molar-refractivity contribution in [1.29, 1.82) is 0 Å². The summed E-state index contributed by atoms with van der Waals surface area (Å²) in [7, 11) is 0. The molecular formula is C17H32N2O3. The molecule has 2 rings (SSSR count). The smallest absolute Gasteiger partial charge is 0.222 e. The van der Waals surface area contributed by atoms with Gasteiger partial charge in [-0.25, -0.2) is 0 Å². The largest absolute Gasteiger partial charge is 0.389 e. The van der Waals surface area contributed by atoms with E-state index in [1.165, 1.54) is 6.42 Å². The summed E-state index contributed by atoms with van der Waals surface area (Å²) in [6, 6.07) is 0.342. The van der Waals surface area contributed by atoms with Crippen LogP contribution >= 0.6 is 0 Å². The number of carbonyl (C=O) groups excluding carboxylic acids is 1. The molecule has 0 bridgehead atoms. The van der Waals surface area contributed by atoms with Crippen LogP contribution in [-0.4, -0.2) is 60.4 Å². The van der Waals surface area contributed by atoms with Crippen molar-refractivity contribution in [3.63, 3.8) is 0 Å². The Morgan fingerprint density at radius 1 is 1.23 bits per heavy atom. The molecule has 0 aromatic carbocycles. The minimum atomic E-state index is -0.769. The first-order valence-corrected chi connectivity index (χ1v) is 8.81. The van der Waals surface area contributed by atoms with Crippen molar-refractivity contribution < 1.29 is 14.6 Å². The Hall–Kier alpha value is -0.650. The van der Waals surface area contributed by atoms with Crippen LogP contribution in [0.1, 0.15) is 52.4 Å². The number of amides is 1. The Morgan fingerprint density at radius 3 is 2.45 bits per heavy atom. The zero-order valence-corrected chi connectivity index (χ0v) is 14.1. The van der Waals surface area contributed by atoms with Gasteiger partial charge < -0.3 is 15.2 Å². The molecule has 0 spiro atoms. The van der Waals surface area contributed by atoms with Gasteiger partial charge in [-0.3, -0.25) is 9.69 Å². The minimum absolute atomic E-state index is 0.0108. The maximum absolute atomic E-state index is 12.2. The number of hydrogen-bond acceptors (Lipinski definition) is 4. The van der Waals surface area contributed by atoms with Gasteiger partial charge in [0.2, 0.25) is 5.91 Å². The highest BCUT2D eigenvalue weighted by molar-refractivity contribution is 5.77. The lowest BCUT2D eigenvalue weighted by atomic mass is 9.82. The van der Waals surface area contributed by atoms with Crippen molar-refractivity contribution in [2.24, 2.45) is 5.92 Å². The molecule has 1 amide bonds. The Balaban J connectivity index is 1.79. The van der Waals surface area contributed by atoms with Crippen LogP contribution in [0.4, 0.5) is 0 Å². The van der Waals surface area contributed by atoms with Crippen LogP contribution in [0.2, 0.25) is 0 Å². The lowest BCUT2D eigenvalue weighted by molar-refractivity contribution is -0.127. The molecule has 5 nitrogen and oxygen atoms in total. The fourth-order valence-corrected chi connectivity index (χ4v) is 3.66. The molecule has 2 aliphatic rings. The van der Waals surface area contributed by atoms with E-state index in [1.54, 1.807) is 0 Å². The number of carbonyl (C=O) groups is 1. The Labute approximate surface area is 134 Å². The standard InChI is InChI=1S/C17H32N2O3/c1-14(2)15(19-8-10-22-11-9-19)13-18-16(20)12-17(21)6-4-3-5-7-17/h14-15,21H,3-13H2,1-2H3,(H,18,20). The number of morpholine rings is 1. The third-order valence-corrected chi connectivity index (χ3v) is 5.07. The predicted molar refractivity (Wildman–Crippen MR) is 86.7 cm³/mol. The van der Waals surface area contributed by atoms with Crippen LogP contribution in [0.5, 0.6) is 0 Å². The average Bonchev–Trinajstić information content (AvgIpc) is 2.48. The summed E-state index contributed by atoms with van der Waals surface area (Å²) in [6.45, 7) is 8.47. The molecule has 22 heavy (non-hydrogen) atoms. The van der Waals surface area contributed by atoms with Gasteiger partial charge in [-0.05, 0) is 18.8 Å². The fourth-order valence-electron chi connectivity index (χ4n) is 3.66. The van der Waals surface area contributed by atoms with Gasteiger partial charge in [0.05, 0.1) is 25.2 Å². The Kier molecular flexibility index (Phi) is 6.66. The molecular weight excluding hydrogens is 280 g/mol. The first-order valence-electron chi connectivity index (χ1n) is 8.81. The summed E-state index contributed by atoms with van der Waals surface area (Å²) < 4.78 is 5.41. The lowest BCUT2D eigenvalue weighted by Crippen LogP contribution is -2.51. The molecule has 2 fully saturated rings. The summed E-state index contributed by atoms with van der Waals surface area (Å²) in [4.78, 5) is 14.6. The molecule has 1 aliphatic carbocycles. The molecule has 1 unspecified atom stereocenters. The van der Waals surface area contributed by atoms with Gasteiger partial charge in [0.25, 0.3) is 0 Å². The summed E-state index contributed by atoms with van der Waals surface area (Å²) >= 11 is 0. The number of rotatable bonds is 6. The van der Waals surface area contributed by atoms with Crippen molar-refractivity contribution in [2.75, 3.05) is 32.8 Å². The van der Waals surface area contributed by atoms with Gasteiger partial charge >= 0.3 is 0 Å². The van der Waals surface area contributed by atoms with Crippen LogP contribution < -0.4 is 5.32 Å².